The molecular formula is C16H14Cl2O. The second-order valence-electron chi connectivity index (χ2n) is 4.58. The number of Topliss-reactive ketones (excluding diaryl/α,β-unsaturated/α-hetero) is 1. The van der Waals surface area contributed by atoms with E-state index >= 15 is 0 Å². The van der Waals surface area contributed by atoms with Gasteiger partial charge in [-0.25, -0.2) is 0 Å². The van der Waals surface area contributed by atoms with E-state index in [9.17, 15) is 4.79 Å². The topological polar surface area (TPSA) is 17.1 Å². The lowest BCUT2D eigenvalue weighted by Gasteiger charge is -2.06. The Balaban J connectivity index is 2.07. The van der Waals surface area contributed by atoms with Gasteiger partial charge in [-0.15, -0.1) is 0 Å². The molecule has 0 aliphatic carbocycles. The van der Waals surface area contributed by atoms with E-state index in [1.165, 1.54) is 5.56 Å². The minimum atomic E-state index is 0.110. The normalized spacial score (nSPS) is 10.5. The molecule has 0 aliphatic rings. The van der Waals surface area contributed by atoms with Gasteiger partial charge in [-0.05, 0) is 30.2 Å². The number of carbonyl (C=O) groups is 1. The predicted molar refractivity (Wildman–Crippen MR) is 80.1 cm³/mol. The lowest BCUT2D eigenvalue weighted by Crippen LogP contribution is -2.07. The number of hydrogen-bond donors (Lipinski definition) is 0. The van der Waals surface area contributed by atoms with Crippen LogP contribution in [0.15, 0.2) is 42.5 Å². The summed E-state index contributed by atoms with van der Waals surface area (Å²) in [5.74, 6) is 0.110. The molecule has 0 unspecified atom stereocenters. The average Bonchev–Trinajstić information content (AvgIpc) is 2.37. The second kappa shape index (κ2) is 6.23. The lowest BCUT2D eigenvalue weighted by molar-refractivity contribution is -0.117. The highest BCUT2D eigenvalue weighted by Gasteiger charge is 2.11. The van der Waals surface area contributed by atoms with Crippen molar-refractivity contribution in [3.8, 4) is 0 Å². The molecule has 0 N–H and O–H groups in total. The summed E-state index contributed by atoms with van der Waals surface area (Å²) in [5, 5.41) is 1.09. The van der Waals surface area contributed by atoms with E-state index in [4.69, 9.17) is 23.2 Å². The van der Waals surface area contributed by atoms with E-state index in [0.717, 1.165) is 5.56 Å². The third kappa shape index (κ3) is 3.82. The fourth-order valence-corrected chi connectivity index (χ4v) is 2.43. The molecule has 98 valence electrons. The van der Waals surface area contributed by atoms with Gasteiger partial charge >= 0.3 is 0 Å². The fourth-order valence-electron chi connectivity index (χ4n) is 1.89. The zero-order chi connectivity index (χ0) is 13.8. The Hall–Kier alpha value is -1.31. The molecule has 3 heteroatoms. The number of aryl methyl sites for hydroxylation is 1. The standard InChI is InChI=1S/C16H14Cl2O/c1-11-5-7-12(8-6-11)9-13(19)10-14-15(17)3-2-4-16(14)18/h2-8H,9-10H2,1H3. The molecule has 0 aromatic heterocycles. The van der Waals surface area contributed by atoms with Crippen molar-refractivity contribution in [1.29, 1.82) is 0 Å². The van der Waals surface area contributed by atoms with Crippen LogP contribution < -0.4 is 0 Å². The Morgan fingerprint density at radius 2 is 1.53 bits per heavy atom. The summed E-state index contributed by atoms with van der Waals surface area (Å²) in [6.45, 7) is 2.02. The van der Waals surface area contributed by atoms with Gasteiger partial charge in [0, 0.05) is 22.9 Å². The van der Waals surface area contributed by atoms with E-state index in [2.05, 4.69) is 0 Å². The number of benzene rings is 2. The molecule has 0 saturated heterocycles. The smallest absolute Gasteiger partial charge is 0.141 e. The molecular weight excluding hydrogens is 279 g/mol. The van der Waals surface area contributed by atoms with Crippen molar-refractivity contribution in [3.05, 3.63) is 69.2 Å². The third-order valence-electron chi connectivity index (χ3n) is 2.96. The van der Waals surface area contributed by atoms with Crippen molar-refractivity contribution in [3.63, 3.8) is 0 Å². The summed E-state index contributed by atoms with van der Waals surface area (Å²) in [7, 11) is 0. The molecule has 0 spiro atoms. The highest BCUT2D eigenvalue weighted by atomic mass is 35.5. The number of ketones is 1. The molecule has 0 radical (unpaired) electrons. The fraction of sp³-hybridized carbons (Fsp3) is 0.188. The van der Waals surface area contributed by atoms with Crippen LogP contribution in [0.4, 0.5) is 0 Å². The molecule has 2 aromatic rings. The first-order valence-corrected chi connectivity index (χ1v) is 6.82. The van der Waals surface area contributed by atoms with Crippen LogP contribution in [0, 0.1) is 6.92 Å². The Bertz CT molecular complexity index is 568. The molecule has 2 rings (SSSR count). The van der Waals surface area contributed by atoms with Crippen LogP contribution in [0.1, 0.15) is 16.7 Å². The summed E-state index contributed by atoms with van der Waals surface area (Å²) in [4.78, 5) is 12.1. The van der Waals surface area contributed by atoms with Crippen LogP contribution in [0.5, 0.6) is 0 Å². The van der Waals surface area contributed by atoms with Crippen LogP contribution >= 0.6 is 23.2 Å². The number of halogens is 2. The minimum Gasteiger partial charge on any atom is -0.299 e. The van der Waals surface area contributed by atoms with Crippen molar-refractivity contribution in [2.24, 2.45) is 0 Å². The van der Waals surface area contributed by atoms with E-state index in [1.54, 1.807) is 18.2 Å². The SMILES string of the molecule is Cc1ccc(CC(=O)Cc2c(Cl)cccc2Cl)cc1. The summed E-state index contributed by atoms with van der Waals surface area (Å²) >= 11 is 12.1. The van der Waals surface area contributed by atoms with Crippen LogP contribution in [0.25, 0.3) is 0 Å². The molecule has 0 bridgehead atoms. The number of hydrogen-bond acceptors (Lipinski definition) is 1. The van der Waals surface area contributed by atoms with Crippen molar-refractivity contribution < 1.29 is 4.79 Å². The van der Waals surface area contributed by atoms with E-state index in [-0.39, 0.29) is 12.2 Å². The molecule has 1 nitrogen and oxygen atoms in total. The van der Waals surface area contributed by atoms with E-state index in [1.807, 2.05) is 31.2 Å². The molecule has 0 atom stereocenters. The van der Waals surface area contributed by atoms with Crippen LogP contribution in [-0.4, -0.2) is 5.78 Å². The number of rotatable bonds is 4. The molecule has 0 fully saturated rings. The van der Waals surface area contributed by atoms with Gasteiger partial charge in [0.15, 0.2) is 0 Å². The second-order valence-corrected chi connectivity index (χ2v) is 5.39. The van der Waals surface area contributed by atoms with E-state index < -0.39 is 0 Å². The van der Waals surface area contributed by atoms with Gasteiger partial charge < -0.3 is 0 Å². The van der Waals surface area contributed by atoms with Gasteiger partial charge in [0.05, 0.1) is 0 Å². The van der Waals surface area contributed by atoms with Gasteiger partial charge in [0.25, 0.3) is 0 Å². The monoisotopic (exact) mass is 292 g/mol. The maximum absolute atomic E-state index is 12.1. The zero-order valence-corrected chi connectivity index (χ0v) is 12.1. The van der Waals surface area contributed by atoms with Crippen molar-refractivity contribution in [2.45, 2.75) is 19.8 Å². The first-order chi connectivity index (χ1) is 9.06. The molecule has 0 aliphatic heterocycles. The van der Waals surface area contributed by atoms with Crippen LogP contribution in [-0.2, 0) is 17.6 Å². The summed E-state index contributed by atoms with van der Waals surface area (Å²) in [6.07, 6.45) is 0.675. The van der Waals surface area contributed by atoms with Crippen LogP contribution in [0.2, 0.25) is 10.0 Å². The van der Waals surface area contributed by atoms with E-state index in [0.29, 0.717) is 22.0 Å². The van der Waals surface area contributed by atoms with Crippen molar-refractivity contribution in [2.75, 3.05) is 0 Å². The molecule has 0 heterocycles. The highest BCUT2D eigenvalue weighted by molar-refractivity contribution is 6.36. The molecule has 2 aromatic carbocycles. The molecule has 0 saturated carbocycles. The Kier molecular flexibility index (Phi) is 4.62. The van der Waals surface area contributed by atoms with Gasteiger partial charge in [-0.2, -0.15) is 0 Å². The zero-order valence-electron chi connectivity index (χ0n) is 10.6. The third-order valence-corrected chi connectivity index (χ3v) is 3.67. The van der Waals surface area contributed by atoms with Gasteiger partial charge in [0.2, 0.25) is 0 Å². The summed E-state index contributed by atoms with van der Waals surface area (Å²) in [5.41, 5.74) is 2.91. The Morgan fingerprint density at radius 3 is 2.11 bits per heavy atom. The molecule has 0 amide bonds. The summed E-state index contributed by atoms with van der Waals surface area (Å²) in [6, 6.07) is 13.2. The maximum atomic E-state index is 12.1. The summed E-state index contributed by atoms with van der Waals surface area (Å²) < 4.78 is 0. The number of carbonyl (C=O) groups excluding carboxylic acids is 1. The first kappa shape index (κ1) is 14.1. The van der Waals surface area contributed by atoms with Crippen molar-refractivity contribution in [1.82, 2.24) is 0 Å². The quantitative estimate of drug-likeness (QED) is 0.801. The van der Waals surface area contributed by atoms with Gasteiger partial charge in [-0.1, -0.05) is 59.1 Å². The predicted octanol–water partition coefficient (Wildman–Crippen LogP) is 4.66. The largest absolute Gasteiger partial charge is 0.299 e. The Labute approximate surface area is 123 Å². The maximum Gasteiger partial charge on any atom is 0.141 e. The highest BCUT2D eigenvalue weighted by Crippen LogP contribution is 2.25. The minimum absolute atomic E-state index is 0.110. The van der Waals surface area contributed by atoms with Crippen molar-refractivity contribution >= 4 is 29.0 Å². The van der Waals surface area contributed by atoms with Gasteiger partial charge in [-0.3, -0.25) is 4.79 Å². The Morgan fingerprint density at radius 1 is 0.947 bits per heavy atom. The average molecular weight is 293 g/mol. The first-order valence-electron chi connectivity index (χ1n) is 6.06. The van der Waals surface area contributed by atoms with Crippen LogP contribution in [0.3, 0.4) is 0 Å². The molecule has 19 heavy (non-hydrogen) atoms. The van der Waals surface area contributed by atoms with Gasteiger partial charge in [0.1, 0.15) is 5.78 Å². The lowest BCUT2D eigenvalue weighted by atomic mass is 10.0.